The zero-order valence-corrected chi connectivity index (χ0v) is 10.8. The average molecular weight is 317 g/mol. The summed E-state index contributed by atoms with van der Waals surface area (Å²) in [6.07, 6.45) is 0.791. The van der Waals surface area contributed by atoms with E-state index in [9.17, 15) is 8.42 Å². The Balaban J connectivity index is 2.59. The van der Waals surface area contributed by atoms with E-state index < -0.39 is 9.84 Å². The van der Waals surface area contributed by atoms with Gasteiger partial charge in [0.2, 0.25) is 0 Å². The predicted octanol–water partition coefficient (Wildman–Crippen LogP) is 0.930. The summed E-state index contributed by atoms with van der Waals surface area (Å²) in [5.41, 5.74) is 0. The van der Waals surface area contributed by atoms with Gasteiger partial charge in [-0.15, -0.1) is 0 Å². The van der Waals surface area contributed by atoms with Gasteiger partial charge in [0.05, 0.1) is 11.5 Å². The van der Waals surface area contributed by atoms with Gasteiger partial charge < -0.3 is 0 Å². The number of alkyl halides is 1. The number of nitrogens with zero attached hydrogens (tertiary/aromatic N) is 1. The van der Waals surface area contributed by atoms with Crippen LogP contribution in [0.5, 0.6) is 0 Å². The van der Waals surface area contributed by atoms with Crippen LogP contribution >= 0.6 is 22.6 Å². The summed E-state index contributed by atoms with van der Waals surface area (Å²) in [5.74, 6) is 0.708. The lowest BCUT2D eigenvalue weighted by atomic mass is 10.2. The maximum absolute atomic E-state index is 11.3. The van der Waals surface area contributed by atoms with Crippen LogP contribution in [-0.4, -0.2) is 48.4 Å². The molecule has 0 aromatic heterocycles. The fraction of sp³-hybridized carbons (Fsp3) is 1.00. The monoisotopic (exact) mass is 317 g/mol. The van der Waals surface area contributed by atoms with Crippen molar-refractivity contribution in [2.75, 3.05) is 29.0 Å². The van der Waals surface area contributed by atoms with Crippen LogP contribution in [-0.2, 0) is 9.84 Å². The Morgan fingerprint density at radius 2 is 2.15 bits per heavy atom. The number of sulfone groups is 1. The standard InChI is InChI=1S/C8H16INO2S/c1-8-2-6-13(11,12)7-5-10(8)4-3-9/h8H,2-7H2,1H3. The summed E-state index contributed by atoms with van der Waals surface area (Å²) in [4.78, 5) is 2.27. The van der Waals surface area contributed by atoms with E-state index in [4.69, 9.17) is 0 Å². The highest BCUT2D eigenvalue weighted by Gasteiger charge is 2.23. The molecule has 13 heavy (non-hydrogen) atoms. The molecule has 1 rings (SSSR count). The second kappa shape index (κ2) is 4.93. The molecule has 0 spiro atoms. The summed E-state index contributed by atoms with van der Waals surface area (Å²) in [5, 5.41) is 0. The van der Waals surface area contributed by atoms with Crippen LogP contribution in [0.1, 0.15) is 13.3 Å². The van der Waals surface area contributed by atoms with Crippen molar-refractivity contribution in [2.45, 2.75) is 19.4 Å². The lowest BCUT2D eigenvalue weighted by Crippen LogP contribution is -2.35. The Morgan fingerprint density at radius 3 is 2.77 bits per heavy atom. The van der Waals surface area contributed by atoms with Gasteiger partial charge in [-0.1, -0.05) is 22.6 Å². The van der Waals surface area contributed by atoms with E-state index in [1.165, 1.54) is 0 Å². The van der Waals surface area contributed by atoms with E-state index in [1.807, 2.05) is 0 Å². The molecule has 1 aliphatic rings. The van der Waals surface area contributed by atoms with Crippen molar-refractivity contribution in [3.05, 3.63) is 0 Å². The van der Waals surface area contributed by atoms with Crippen molar-refractivity contribution in [1.82, 2.24) is 4.90 Å². The van der Waals surface area contributed by atoms with E-state index in [2.05, 4.69) is 34.4 Å². The highest BCUT2D eigenvalue weighted by molar-refractivity contribution is 14.1. The minimum absolute atomic E-state index is 0.341. The molecule has 1 aliphatic heterocycles. The van der Waals surface area contributed by atoms with Gasteiger partial charge in [-0.25, -0.2) is 8.42 Å². The molecule has 1 saturated heterocycles. The summed E-state index contributed by atoms with van der Waals surface area (Å²) in [6.45, 7) is 3.84. The van der Waals surface area contributed by atoms with Gasteiger partial charge in [-0.05, 0) is 13.3 Å². The molecular weight excluding hydrogens is 301 g/mol. The molecule has 1 unspecified atom stereocenters. The molecule has 0 saturated carbocycles. The van der Waals surface area contributed by atoms with E-state index in [-0.39, 0.29) is 0 Å². The van der Waals surface area contributed by atoms with Gasteiger partial charge >= 0.3 is 0 Å². The zero-order valence-electron chi connectivity index (χ0n) is 7.87. The third-order valence-corrected chi connectivity index (χ3v) is 4.68. The van der Waals surface area contributed by atoms with Crippen LogP contribution in [0.2, 0.25) is 0 Å². The molecule has 3 nitrogen and oxygen atoms in total. The largest absolute Gasteiger partial charge is 0.299 e. The van der Waals surface area contributed by atoms with Crippen LogP contribution in [0.3, 0.4) is 0 Å². The second-order valence-electron chi connectivity index (χ2n) is 3.51. The molecule has 0 aromatic carbocycles. The van der Waals surface area contributed by atoms with Crippen LogP contribution in [0.15, 0.2) is 0 Å². The van der Waals surface area contributed by atoms with Crippen LogP contribution in [0.4, 0.5) is 0 Å². The molecule has 1 heterocycles. The Bertz CT molecular complexity index is 253. The molecule has 78 valence electrons. The lowest BCUT2D eigenvalue weighted by molar-refractivity contribution is 0.236. The molecule has 0 aliphatic carbocycles. The molecule has 0 amide bonds. The van der Waals surface area contributed by atoms with Crippen molar-refractivity contribution in [3.8, 4) is 0 Å². The molecule has 0 N–H and O–H groups in total. The van der Waals surface area contributed by atoms with Crippen LogP contribution in [0, 0.1) is 0 Å². The highest BCUT2D eigenvalue weighted by atomic mass is 127. The number of hydrogen-bond donors (Lipinski definition) is 0. The van der Waals surface area contributed by atoms with Gasteiger partial charge in [-0.3, -0.25) is 4.90 Å². The lowest BCUT2D eigenvalue weighted by Gasteiger charge is -2.24. The topological polar surface area (TPSA) is 37.4 Å². The SMILES string of the molecule is CC1CCS(=O)(=O)CCN1CCI. The van der Waals surface area contributed by atoms with Crippen molar-refractivity contribution in [3.63, 3.8) is 0 Å². The Morgan fingerprint density at radius 1 is 1.46 bits per heavy atom. The summed E-state index contributed by atoms with van der Waals surface area (Å²) >= 11 is 2.33. The minimum Gasteiger partial charge on any atom is -0.299 e. The predicted molar refractivity (Wildman–Crippen MR) is 63.2 cm³/mol. The second-order valence-corrected chi connectivity index (χ2v) is 6.90. The molecular formula is C8H16INO2S. The summed E-state index contributed by atoms with van der Waals surface area (Å²) < 4.78 is 23.7. The number of halogens is 1. The van der Waals surface area contributed by atoms with E-state index in [1.54, 1.807) is 0 Å². The fourth-order valence-corrected chi connectivity index (χ4v) is 3.59. The normalized spacial score (nSPS) is 29.8. The van der Waals surface area contributed by atoms with Gasteiger partial charge in [0.1, 0.15) is 0 Å². The fourth-order valence-electron chi connectivity index (χ4n) is 1.55. The zero-order chi connectivity index (χ0) is 9.90. The van der Waals surface area contributed by atoms with Crippen LogP contribution in [0.25, 0.3) is 0 Å². The summed E-state index contributed by atoms with van der Waals surface area (Å²) in [7, 11) is -2.75. The third-order valence-electron chi connectivity index (χ3n) is 2.53. The van der Waals surface area contributed by atoms with Crippen molar-refractivity contribution >= 4 is 32.4 Å². The first-order valence-electron chi connectivity index (χ1n) is 4.55. The quantitative estimate of drug-likeness (QED) is 0.562. The molecule has 0 radical (unpaired) electrons. The van der Waals surface area contributed by atoms with Crippen molar-refractivity contribution in [2.24, 2.45) is 0 Å². The maximum Gasteiger partial charge on any atom is 0.151 e. The Kier molecular flexibility index (Phi) is 4.44. The molecule has 1 atom stereocenters. The molecule has 5 heteroatoms. The smallest absolute Gasteiger partial charge is 0.151 e. The number of hydrogen-bond acceptors (Lipinski definition) is 3. The van der Waals surface area contributed by atoms with Crippen molar-refractivity contribution in [1.29, 1.82) is 0 Å². The maximum atomic E-state index is 11.3. The summed E-state index contributed by atoms with van der Waals surface area (Å²) in [6, 6.07) is 0.423. The first-order valence-corrected chi connectivity index (χ1v) is 7.90. The number of rotatable bonds is 2. The first kappa shape index (κ1) is 11.7. The van der Waals surface area contributed by atoms with E-state index >= 15 is 0 Å². The molecule has 0 aromatic rings. The van der Waals surface area contributed by atoms with Gasteiger partial charge in [0.25, 0.3) is 0 Å². The Labute approximate surface area is 93.9 Å². The Hall–Kier alpha value is 0.640. The van der Waals surface area contributed by atoms with E-state index in [0.717, 1.165) is 17.4 Å². The van der Waals surface area contributed by atoms with Gasteiger partial charge in [-0.2, -0.15) is 0 Å². The van der Waals surface area contributed by atoms with Gasteiger partial charge in [0.15, 0.2) is 9.84 Å². The minimum atomic E-state index is -2.75. The molecule has 1 fully saturated rings. The molecule has 0 bridgehead atoms. The third kappa shape index (κ3) is 3.71. The first-order chi connectivity index (χ1) is 6.05. The van der Waals surface area contributed by atoms with Gasteiger partial charge in [0, 0.05) is 23.6 Å². The van der Waals surface area contributed by atoms with Crippen molar-refractivity contribution < 1.29 is 8.42 Å². The highest BCUT2D eigenvalue weighted by Crippen LogP contribution is 2.12. The van der Waals surface area contributed by atoms with Crippen LogP contribution < -0.4 is 0 Å². The average Bonchev–Trinajstić information content (AvgIpc) is 2.18. The van der Waals surface area contributed by atoms with E-state index in [0.29, 0.717) is 24.1 Å².